The molecule has 2 aliphatic heterocycles. The van der Waals surface area contributed by atoms with Crippen molar-refractivity contribution in [3.05, 3.63) is 60.2 Å². The SMILES string of the molecule is O=C1CCC(C(=O)N2CCN(CCOc3ccc(OCc4ccccc4)cc3)CC2)N1. The zero-order chi connectivity index (χ0) is 21.5. The zero-order valence-corrected chi connectivity index (χ0v) is 17.7. The number of ether oxygens (including phenoxy) is 2. The Labute approximate surface area is 182 Å². The molecule has 4 rings (SSSR count). The summed E-state index contributed by atoms with van der Waals surface area (Å²) in [6, 6.07) is 17.4. The first-order valence-corrected chi connectivity index (χ1v) is 10.9. The van der Waals surface area contributed by atoms with Crippen LogP contribution in [0.2, 0.25) is 0 Å². The second-order valence-corrected chi connectivity index (χ2v) is 7.92. The van der Waals surface area contributed by atoms with Crippen molar-refractivity contribution in [1.29, 1.82) is 0 Å². The maximum absolute atomic E-state index is 12.5. The number of carbonyl (C=O) groups excluding carboxylic acids is 2. The normalized spacial score (nSPS) is 19.2. The number of nitrogens with one attached hydrogen (secondary N) is 1. The standard InChI is InChI=1S/C24H29N3O4/c28-23-11-10-22(25-23)24(29)27-14-12-26(13-15-27)16-17-30-20-6-8-21(9-7-20)31-18-19-4-2-1-3-5-19/h1-9,22H,10-18H2,(H,25,28). The summed E-state index contributed by atoms with van der Waals surface area (Å²) in [7, 11) is 0. The Hall–Kier alpha value is -3.06. The van der Waals surface area contributed by atoms with Crippen LogP contribution in [-0.2, 0) is 16.2 Å². The number of hydrogen-bond donors (Lipinski definition) is 1. The predicted octanol–water partition coefficient (Wildman–Crippen LogP) is 2.07. The average molecular weight is 424 g/mol. The topological polar surface area (TPSA) is 71.1 Å². The number of rotatable bonds is 8. The smallest absolute Gasteiger partial charge is 0.245 e. The van der Waals surface area contributed by atoms with Crippen LogP contribution >= 0.6 is 0 Å². The molecule has 2 aromatic carbocycles. The lowest BCUT2D eigenvalue weighted by Gasteiger charge is -2.35. The van der Waals surface area contributed by atoms with Gasteiger partial charge in [-0.15, -0.1) is 0 Å². The highest BCUT2D eigenvalue weighted by Gasteiger charge is 2.32. The predicted molar refractivity (Wildman–Crippen MR) is 117 cm³/mol. The third-order valence-electron chi connectivity index (χ3n) is 5.73. The lowest BCUT2D eigenvalue weighted by molar-refractivity contribution is -0.136. The highest BCUT2D eigenvalue weighted by molar-refractivity contribution is 5.90. The third-order valence-corrected chi connectivity index (χ3v) is 5.73. The van der Waals surface area contributed by atoms with E-state index in [2.05, 4.69) is 10.2 Å². The Morgan fingerprint density at radius 3 is 2.26 bits per heavy atom. The van der Waals surface area contributed by atoms with Gasteiger partial charge in [0.1, 0.15) is 30.8 Å². The van der Waals surface area contributed by atoms with Gasteiger partial charge in [0, 0.05) is 39.1 Å². The number of benzene rings is 2. The molecule has 1 atom stereocenters. The van der Waals surface area contributed by atoms with E-state index in [0.717, 1.165) is 36.7 Å². The molecule has 0 bridgehead atoms. The van der Waals surface area contributed by atoms with E-state index in [1.807, 2.05) is 59.5 Å². The summed E-state index contributed by atoms with van der Waals surface area (Å²) in [5.41, 5.74) is 1.14. The fourth-order valence-corrected chi connectivity index (χ4v) is 3.88. The molecule has 0 spiro atoms. The van der Waals surface area contributed by atoms with Crippen molar-refractivity contribution in [2.24, 2.45) is 0 Å². The second kappa shape index (κ2) is 10.3. The molecule has 1 N–H and O–H groups in total. The van der Waals surface area contributed by atoms with E-state index in [1.54, 1.807) is 0 Å². The summed E-state index contributed by atoms with van der Waals surface area (Å²) >= 11 is 0. The number of hydrogen-bond acceptors (Lipinski definition) is 5. The van der Waals surface area contributed by atoms with Gasteiger partial charge in [-0.1, -0.05) is 30.3 Å². The van der Waals surface area contributed by atoms with Gasteiger partial charge in [0.05, 0.1) is 0 Å². The molecule has 1 unspecified atom stereocenters. The fourth-order valence-electron chi connectivity index (χ4n) is 3.88. The molecule has 0 saturated carbocycles. The van der Waals surface area contributed by atoms with E-state index < -0.39 is 0 Å². The van der Waals surface area contributed by atoms with Crippen LogP contribution in [0.3, 0.4) is 0 Å². The third kappa shape index (κ3) is 5.98. The van der Waals surface area contributed by atoms with E-state index in [1.165, 1.54) is 0 Å². The monoisotopic (exact) mass is 423 g/mol. The Kier molecular flexibility index (Phi) is 7.04. The largest absolute Gasteiger partial charge is 0.492 e. The van der Waals surface area contributed by atoms with Crippen molar-refractivity contribution in [2.45, 2.75) is 25.5 Å². The minimum absolute atomic E-state index is 0.0232. The van der Waals surface area contributed by atoms with E-state index >= 15 is 0 Å². The van der Waals surface area contributed by atoms with Crippen molar-refractivity contribution in [1.82, 2.24) is 15.1 Å². The van der Waals surface area contributed by atoms with Gasteiger partial charge >= 0.3 is 0 Å². The van der Waals surface area contributed by atoms with Crippen LogP contribution in [0.1, 0.15) is 18.4 Å². The lowest BCUT2D eigenvalue weighted by atomic mass is 10.2. The van der Waals surface area contributed by atoms with Crippen LogP contribution in [0.4, 0.5) is 0 Å². The van der Waals surface area contributed by atoms with Gasteiger partial charge in [0.15, 0.2) is 0 Å². The zero-order valence-electron chi connectivity index (χ0n) is 17.7. The Morgan fingerprint density at radius 2 is 1.61 bits per heavy atom. The van der Waals surface area contributed by atoms with E-state index in [4.69, 9.17) is 9.47 Å². The first-order valence-electron chi connectivity index (χ1n) is 10.9. The maximum atomic E-state index is 12.5. The van der Waals surface area contributed by atoms with Crippen LogP contribution in [0.15, 0.2) is 54.6 Å². The van der Waals surface area contributed by atoms with Gasteiger partial charge in [-0.2, -0.15) is 0 Å². The Balaban J connectivity index is 1.13. The molecule has 2 aliphatic rings. The Morgan fingerprint density at radius 1 is 0.935 bits per heavy atom. The lowest BCUT2D eigenvalue weighted by Crippen LogP contribution is -2.53. The number of amides is 2. The van der Waals surface area contributed by atoms with Crippen molar-refractivity contribution < 1.29 is 19.1 Å². The van der Waals surface area contributed by atoms with Gasteiger partial charge in [-0.05, 0) is 36.2 Å². The molecule has 164 valence electrons. The van der Waals surface area contributed by atoms with Gasteiger partial charge in [-0.3, -0.25) is 14.5 Å². The molecule has 31 heavy (non-hydrogen) atoms. The van der Waals surface area contributed by atoms with Crippen LogP contribution in [0, 0.1) is 0 Å². The summed E-state index contributed by atoms with van der Waals surface area (Å²) in [5, 5.41) is 2.76. The first-order chi connectivity index (χ1) is 15.2. The quantitative estimate of drug-likeness (QED) is 0.704. The van der Waals surface area contributed by atoms with E-state index in [-0.39, 0.29) is 17.9 Å². The first kappa shape index (κ1) is 21.2. The molecule has 0 aliphatic carbocycles. The van der Waals surface area contributed by atoms with Crippen molar-refractivity contribution in [2.75, 3.05) is 39.3 Å². The van der Waals surface area contributed by atoms with Crippen LogP contribution in [0.25, 0.3) is 0 Å². The molecule has 2 saturated heterocycles. The summed E-state index contributed by atoms with van der Waals surface area (Å²) in [6.45, 7) is 4.98. The highest BCUT2D eigenvalue weighted by Crippen LogP contribution is 2.19. The minimum Gasteiger partial charge on any atom is -0.492 e. The van der Waals surface area contributed by atoms with Crippen LogP contribution in [0.5, 0.6) is 11.5 Å². The summed E-state index contributed by atoms with van der Waals surface area (Å²) < 4.78 is 11.7. The van der Waals surface area contributed by atoms with E-state index in [0.29, 0.717) is 39.1 Å². The van der Waals surface area contributed by atoms with E-state index in [9.17, 15) is 9.59 Å². The maximum Gasteiger partial charge on any atom is 0.245 e. The molecule has 0 radical (unpaired) electrons. The molecule has 2 fully saturated rings. The molecule has 7 heteroatoms. The number of piperazine rings is 1. The summed E-state index contributed by atoms with van der Waals surface area (Å²) in [4.78, 5) is 28.0. The molecule has 2 aromatic rings. The van der Waals surface area contributed by atoms with Gasteiger partial charge in [0.25, 0.3) is 0 Å². The molecule has 2 amide bonds. The minimum atomic E-state index is -0.331. The van der Waals surface area contributed by atoms with Gasteiger partial charge in [0.2, 0.25) is 11.8 Å². The molecule has 0 aromatic heterocycles. The second-order valence-electron chi connectivity index (χ2n) is 7.92. The number of carbonyl (C=O) groups is 2. The van der Waals surface area contributed by atoms with Crippen LogP contribution in [-0.4, -0.2) is 67.0 Å². The van der Waals surface area contributed by atoms with Crippen molar-refractivity contribution in [3.63, 3.8) is 0 Å². The molecule has 7 nitrogen and oxygen atoms in total. The average Bonchev–Trinajstić information content (AvgIpc) is 3.25. The molecular formula is C24H29N3O4. The number of nitrogens with zero attached hydrogens (tertiary/aromatic N) is 2. The molecular weight excluding hydrogens is 394 g/mol. The van der Waals surface area contributed by atoms with Gasteiger partial charge < -0.3 is 19.7 Å². The fraction of sp³-hybridized carbons (Fsp3) is 0.417. The van der Waals surface area contributed by atoms with Crippen molar-refractivity contribution in [3.8, 4) is 11.5 Å². The summed E-state index contributed by atoms with van der Waals surface area (Å²) in [6.07, 6.45) is 1.07. The molecule has 2 heterocycles. The highest BCUT2D eigenvalue weighted by atomic mass is 16.5. The van der Waals surface area contributed by atoms with Crippen molar-refractivity contribution >= 4 is 11.8 Å². The summed E-state index contributed by atoms with van der Waals surface area (Å²) in [5.74, 6) is 1.66. The van der Waals surface area contributed by atoms with Gasteiger partial charge in [-0.25, -0.2) is 0 Å². The Bertz CT molecular complexity index is 864. The van der Waals surface area contributed by atoms with Crippen LogP contribution < -0.4 is 14.8 Å².